The number of carboxylic acid groups (broad SMARTS) is 4. The molecule has 0 radical (unpaired) electrons. The molecule has 0 saturated carbocycles. The zero-order chi connectivity index (χ0) is 76.1. The first kappa shape index (κ1) is 95.1. The Labute approximate surface area is 623 Å². The molecule has 0 aliphatic rings. The van der Waals surface area contributed by atoms with Crippen molar-refractivity contribution in [3.8, 4) is 11.3 Å². The van der Waals surface area contributed by atoms with Crippen LogP contribution in [0.15, 0.2) is 166 Å². The van der Waals surface area contributed by atoms with Crippen LogP contribution in [0.1, 0.15) is 107 Å². The van der Waals surface area contributed by atoms with E-state index in [2.05, 4.69) is 60.7 Å². The van der Waals surface area contributed by atoms with E-state index in [0.717, 1.165) is 17.8 Å². The topological polar surface area (TPSA) is 454 Å². The van der Waals surface area contributed by atoms with Crippen molar-refractivity contribution >= 4 is 190 Å². The van der Waals surface area contributed by atoms with Crippen LogP contribution in [0.3, 0.4) is 0 Å². The zero-order valence-corrected chi connectivity index (χ0v) is 62.1. The molecule has 6 aromatic carbocycles. The molecule has 0 unspecified atom stereocenters. The van der Waals surface area contributed by atoms with E-state index < -0.39 is 34.3 Å². The quantitative estimate of drug-likeness (QED) is 0.00664. The molecule has 0 atom stereocenters. The van der Waals surface area contributed by atoms with Crippen molar-refractivity contribution in [3.05, 3.63) is 211 Å². The number of aromatic nitrogens is 1. The third-order valence-electron chi connectivity index (χ3n) is 10.8. The molecule has 37 heteroatoms. The molecular weight excluding hydrogens is 1520 g/mol. The maximum Gasteiger partial charge on any atom is 0.394 e. The number of thiocarbonyl (C=S) groups is 4. The number of Topliss-reactive ketones (excluding diaryl/α,β-unsaturated/α-hetero) is 1. The van der Waals surface area contributed by atoms with E-state index >= 15 is 0 Å². The number of carboxylic acids is 4. The number of hydrogen-bond donors (Lipinski definition) is 11. The first-order valence-corrected chi connectivity index (χ1v) is 33.2. The number of ketones is 1. The second-order valence-corrected chi connectivity index (χ2v) is 23.4. The Bertz CT molecular complexity index is 3910. The molecule has 1 heterocycles. The number of hydrazone groups is 3. The summed E-state index contributed by atoms with van der Waals surface area (Å²) in [5, 5.41) is 59.0. The zero-order valence-electron chi connectivity index (χ0n) is 54.1. The minimum Gasteiger partial charge on any atom is -0.478 e. The lowest BCUT2D eigenvalue weighted by molar-refractivity contribution is 0.0684. The predicted molar refractivity (Wildman–Crippen MR) is 417 cm³/mol. The maximum absolute atomic E-state index is 11.2. The van der Waals surface area contributed by atoms with Crippen LogP contribution < -0.4 is 33.9 Å². The molecule has 0 saturated heterocycles. The Hall–Kier alpha value is -9.05. The number of aromatic carboxylic acids is 4. The number of hydrogen-bond acceptors (Lipinski definition) is 21. The Morgan fingerprint density at radius 3 is 1.12 bits per heavy atom. The van der Waals surface area contributed by atoms with Crippen LogP contribution in [0.2, 0.25) is 10.0 Å². The van der Waals surface area contributed by atoms with E-state index in [1.807, 2.05) is 36.6 Å². The molecule has 1 aromatic heterocycles. The molecule has 0 amide bonds. The fourth-order valence-corrected chi connectivity index (χ4v) is 7.40. The van der Waals surface area contributed by atoms with Crippen molar-refractivity contribution in [2.75, 3.05) is 52.1 Å². The first-order valence-electron chi connectivity index (χ1n) is 27.4. The number of carbonyl (C=O) groups is 6. The Morgan fingerprint density at radius 1 is 0.560 bits per heavy atom. The molecule has 0 fully saturated rings. The SMILES string of the molecule is C.CC(=S)N(C)N.CC(=S)N(C)N.CCN.CN(/N=C/c1ccccc1C(=O)O)C(N)=S.CN(/N=C/c1ccccc1C(=O)O)C(N)=S.CN(/N=C/c1ccccc1C(=O)O)c1nc(-c2ccccc2Cl)cs1.O=C(CBr)c1ccccc1Cl.O=Cc1ccccc1C(=O)O.O=S(=O)(O)O. The number of benzene rings is 6. The summed E-state index contributed by atoms with van der Waals surface area (Å²) >= 11 is 35.1. The number of carbonyl (C=O) groups excluding carboxylic acids is 2. The van der Waals surface area contributed by atoms with Crippen LogP contribution in [0.25, 0.3) is 11.3 Å². The van der Waals surface area contributed by atoms with Gasteiger partial charge in [0.1, 0.15) is 0 Å². The van der Waals surface area contributed by atoms with E-state index in [0.29, 0.717) is 59.0 Å². The summed E-state index contributed by atoms with van der Waals surface area (Å²) < 4.78 is 31.6. The Balaban J connectivity index is -0.00000112. The average molecular weight is 1600 g/mol. The highest BCUT2D eigenvalue weighted by Crippen LogP contribution is 2.31. The van der Waals surface area contributed by atoms with E-state index in [1.54, 1.807) is 151 Å². The molecule has 16 N–H and O–H groups in total. The number of hydrazine groups is 2. The van der Waals surface area contributed by atoms with Crippen molar-refractivity contribution in [2.45, 2.75) is 28.2 Å². The van der Waals surface area contributed by atoms with E-state index in [9.17, 15) is 33.9 Å². The van der Waals surface area contributed by atoms with Gasteiger partial charge in [0.2, 0.25) is 5.13 Å². The molecule has 28 nitrogen and oxygen atoms in total. The van der Waals surface area contributed by atoms with E-state index in [4.69, 9.17) is 109 Å². The van der Waals surface area contributed by atoms with Gasteiger partial charge in [-0.3, -0.25) is 18.7 Å². The molecule has 0 aliphatic carbocycles. The number of nitrogens with zero attached hydrogens (tertiary/aromatic N) is 9. The molecule has 0 bridgehead atoms. The second kappa shape index (κ2) is 52.0. The van der Waals surface area contributed by atoms with Gasteiger partial charge < -0.3 is 47.6 Å². The number of halogens is 3. The third-order valence-corrected chi connectivity index (χ3v) is 14.0. The number of rotatable bonds is 15. The maximum atomic E-state index is 11.2. The number of nitrogens with two attached hydrogens (primary N) is 5. The summed E-state index contributed by atoms with van der Waals surface area (Å²) in [5.74, 6) is 6.20. The standard InChI is InChI=1S/C18H14ClN3O2S.2C10H11N3O2S.C8H6BrClO.C8H6O3.2C3H8N2S.C2H7N.CH4.H2O4S/c1-22(20-10-12-6-2-3-7-13(12)17(23)24)18-21-16(11-25-18)14-8-4-5-9-15(14)19;2*1-13(10(11)16)12-6-7-4-2-3-5-8(7)9(14)15;9-5-8(11)6-3-1-2-4-7(6)10;9-5-6-3-1-2-4-7(6)8(10)11;2*1-3(6)5(2)4;1-2-3;;1-5(2,3)4/h2-11H,1H3,(H,23,24);2*2-6H,1H3,(H2,11,16)(H,14,15);1-4H,5H2;1-5H,(H,10,11);2*4H2,1-2H3;2-3H2,1H3;1H4;(H2,1,2,3,4)/b20-10+;2*12-6+;;;;;;;. The van der Waals surface area contributed by atoms with Crippen molar-refractivity contribution in [1.82, 2.24) is 25.0 Å². The molecule has 0 spiro atoms. The first-order chi connectivity index (χ1) is 46.3. The Kier molecular flexibility index (Phi) is 49.5. The summed E-state index contributed by atoms with van der Waals surface area (Å²) in [6, 6.07) is 40.4. The number of thiazole rings is 1. The van der Waals surface area contributed by atoms with Crippen molar-refractivity contribution in [2.24, 2.45) is 44.2 Å². The van der Waals surface area contributed by atoms with E-state index in [1.165, 1.54) is 74.3 Å². The van der Waals surface area contributed by atoms with E-state index in [-0.39, 0.29) is 51.3 Å². The minimum atomic E-state index is -4.67. The fourth-order valence-electron chi connectivity index (χ4n) is 5.78. The predicted octanol–water partition coefficient (Wildman–Crippen LogP) is 10.8. The van der Waals surface area contributed by atoms with Crippen LogP contribution in [-0.4, -0.2) is 185 Å². The second-order valence-electron chi connectivity index (χ2n) is 18.3. The monoisotopic (exact) mass is 1590 g/mol. The molecule has 0 aliphatic heterocycles. The molecule has 7 rings (SSSR count). The van der Waals surface area contributed by atoms with Crippen molar-refractivity contribution in [3.63, 3.8) is 0 Å². The van der Waals surface area contributed by atoms with Crippen LogP contribution >= 0.6 is 99.3 Å². The highest BCUT2D eigenvalue weighted by Gasteiger charge is 2.13. The highest BCUT2D eigenvalue weighted by molar-refractivity contribution is 9.09. The highest BCUT2D eigenvalue weighted by atomic mass is 79.9. The van der Waals surface area contributed by atoms with Gasteiger partial charge in [-0.25, -0.2) is 50.9 Å². The van der Waals surface area contributed by atoms with Crippen LogP contribution in [0.5, 0.6) is 0 Å². The molecule has 100 heavy (non-hydrogen) atoms. The molecule has 7 aromatic rings. The summed E-state index contributed by atoms with van der Waals surface area (Å²) in [6.07, 6.45) is 4.86. The number of anilines is 1. The van der Waals surface area contributed by atoms with Gasteiger partial charge in [0, 0.05) is 79.0 Å². The van der Waals surface area contributed by atoms with Gasteiger partial charge in [-0.05, 0) is 87.3 Å². The van der Waals surface area contributed by atoms with Gasteiger partial charge >= 0.3 is 34.3 Å². The normalized spacial score (nSPS) is 9.80. The lowest BCUT2D eigenvalue weighted by atomic mass is 10.1. The lowest BCUT2D eigenvalue weighted by Gasteiger charge is -2.09. The van der Waals surface area contributed by atoms with Crippen molar-refractivity contribution < 1.29 is 66.7 Å². The number of alkyl halides is 1. The summed E-state index contributed by atoms with van der Waals surface area (Å²) in [6.45, 7) is 6.20. The van der Waals surface area contributed by atoms with Crippen LogP contribution in [0, 0.1) is 0 Å². The fraction of sp³-hybridized carbons (Fsp3) is 0.175. The third kappa shape index (κ3) is 41.4. The van der Waals surface area contributed by atoms with Crippen molar-refractivity contribution in [1.29, 1.82) is 0 Å². The van der Waals surface area contributed by atoms with Gasteiger partial charge in [-0.2, -0.15) is 23.7 Å². The van der Waals surface area contributed by atoms with Crippen LogP contribution in [0.4, 0.5) is 5.13 Å². The Morgan fingerprint density at radius 2 is 0.840 bits per heavy atom. The summed E-state index contributed by atoms with van der Waals surface area (Å²) in [7, 11) is 3.68. The number of aldehydes is 1. The van der Waals surface area contributed by atoms with Gasteiger partial charge in [0.15, 0.2) is 22.3 Å². The summed E-state index contributed by atoms with van der Waals surface area (Å²) in [4.78, 5) is 70.7. The van der Waals surface area contributed by atoms with Gasteiger partial charge in [-0.15, -0.1) is 11.3 Å². The van der Waals surface area contributed by atoms with Crippen LogP contribution in [-0.2, 0) is 10.4 Å². The largest absolute Gasteiger partial charge is 0.478 e. The average Bonchev–Trinajstić information content (AvgIpc) is 1.67. The summed E-state index contributed by atoms with van der Waals surface area (Å²) in [5.41, 5.74) is 20.1. The van der Waals surface area contributed by atoms with Gasteiger partial charge in [-0.1, -0.05) is 181 Å². The molecule has 540 valence electrons. The lowest BCUT2D eigenvalue weighted by Crippen LogP contribution is -2.29. The smallest absolute Gasteiger partial charge is 0.394 e. The van der Waals surface area contributed by atoms with Gasteiger partial charge in [0.25, 0.3) is 0 Å². The minimum absolute atomic E-state index is 0. The molecular formula is C63H77BrCl2N14O14S6. The van der Waals surface area contributed by atoms with Gasteiger partial charge in [0.05, 0.1) is 66.9 Å².